The third kappa shape index (κ3) is 3.67. The smallest absolute Gasteiger partial charge is 0.223 e. The molecule has 1 saturated heterocycles. The number of aromatic nitrogens is 2. The lowest BCUT2D eigenvalue weighted by atomic mass is 9.87. The molecule has 2 aromatic rings. The van der Waals surface area contributed by atoms with Crippen LogP contribution >= 0.6 is 0 Å². The van der Waals surface area contributed by atoms with Crippen LogP contribution < -0.4 is 20.4 Å². The average Bonchev–Trinajstić information content (AvgIpc) is 2.71. The van der Waals surface area contributed by atoms with E-state index >= 15 is 0 Å². The highest BCUT2D eigenvalue weighted by Gasteiger charge is 2.33. The van der Waals surface area contributed by atoms with Gasteiger partial charge in [-0.1, -0.05) is 6.92 Å². The number of benzene rings is 1. The molecular formula is C21H28N6O. The van der Waals surface area contributed by atoms with Crippen LogP contribution in [0.2, 0.25) is 0 Å². The van der Waals surface area contributed by atoms with Gasteiger partial charge in [-0.25, -0.2) is 4.98 Å². The van der Waals surface area contributed by atoms with E-state index in [2.05, 4.69) is 50.6 Å². The Morgan fingerprint density at radius 2 is 2.00 bits per heavy atom. The van der Waals surface area contributed by atoms with Gasteiger partial charge in [0.15, 0.2) is 0 Å². The molecule has 1 aromatic heterocycles. The third-order valence-electron chi connectivity index (χ3n) is 5.62. The van der Waals surface area contributed by atoms with Crippen molar-refractivity contribution in [1.82, 2.24) is 15.3 Å². The number of nitrogens with one attached hydrogen (secondary N) is 2. The van der Waals surface area contributed by atoms with E-state index in [0.29, 0.717) is 6.54 Å². The first-order valence-electron chi connectivity index (χ1n) is 9.96. The maximum Gasteiger partial charge on any atom is 0.223 e. The van der Waals surface area contributed by atoms with Gasteiger partial charge in [-0.05, 0) is 31.0 Å². The average molecular weight is 380 g/mol. The summed E-state index contributed by atoms with van der Waals surface area (Å²) >= 11 is 0. The van der Waals surface area contributed by atoms with Crippen LogP contribution in [0.4, 0.5) is 17.2 Å². The molecule has 0 spiro atoms. The number of piperazine rings is 1. The zero-order valence-corrected chi connectivity index (χ0v) is 16.8. The summed E-state index contributed by atoms with van der Waals surface area (Å²) < 4.78 is 0. The van der Waals surface area contributed by atoms with Crippen molar-refractivity contribution in [2.24, 2.45) is 5.92 Å². The molecule has 7 nitrogen and oxygen atoms in total. The number of anilines is 3. The van der Waals surface area contributed by atoms with Crippen molar-refractivity contribution in [3.05, 3.63) is 41.9 Å². The van der Waals surface area contributed by atoms with Crippen molar-refractivity contribution in [2.45, 2.75) is 26.8 Å². The lowest BCUT2D eigenvalue weighted by Gasteiger charge is -2.40. The predicted molar refractivity (Wildman–Crippen MR) is 112 cm³/mol. The van der Waals surface area contributed by atoms with E-state index in [1.165, 1.54) is 5.69 Å². The van der Waals surface area contributed by atoms with Crippen molar-refractivity contribution in [2.75, 3.05) is 47.8 Å². The second-order valence-electron chi connectivity index (χ2n) is 7.75. The molecule has 2 N–H and O–H groups in total. The highest BCUT2D eigenvalue weighted by Crippen LogP contribution is 2.40. The lowest BCUT2D eigenvalue weighted by Crippen LogP contribution is -2.44. The quantitative estimate of drug-likeness (QED) is 0.852. The van der Waals surface area contributed by atoms with Gasteiger partial charge in [0, 0.05) is 56.6 Å². The van der Waals surface area contributed by atoms with Gasteiger partial charge in [0.25, 0.3) is 0 Å². The Morgan fingerprint density at radius 3 is 2.68 bits per heavy atom. The molecule has 0 radical (unpaired) electrons. The molecule has 2 unspecified atom stereocenters. The van der Waals surface area contributed by atoms with E-state index in [1.807, 2.05) is 11.8 Å². The first-order valence-corrected chi connectivity index (χ1v) is 9.96. The van der Waals surface area contributed by atoms with E-state index < -0.39 is 0 Å². The Morgan fingerprint density at radius 1 is 1.21 bits per heavy atom. The van der Waals surface area contributed by atoms with Crippen molar-refractivity contribution in [3.63, 3.8) is 0 Å². The van der Waals surface area contributed by atoms with Gasteiger partial charge in [0.1, 0.15) is 5.82 Å². The molecule has 7 heteroatoms. The van der Waals surface area contributed by atoms with Crippen LogP contribution in [0.15, 0.2) is 30.6 Å². The van der Waals surface area contributed by atoms with Gasteiger partial charge in [0.2, 0.25) is 5.91 Å². The van der Waals surface area contributed by atoms with Crippen LogP contribution in [0, 0.1) is 12.8 Å². The Bertz CT molecular complexity index is 846. The van der Waals surface area contributed by atoms with Crippen molar-refractivity contribution >= 4 is 23.1 Å². The number of fused-ring (bicyclic) bond motifs is 1. The van der Waals surface area contributed by atoms with Crippen LogP contribution in [0.25, 0.3) is 0 Å². The summed E-state index contributed by atoms with van der Waals surface area (Å²) in [5.41, 5.74) is 4.24. The second-order valence-corrected chi connectivity index (χ2v) is 7.75. The summed E-state index contributed by atoms with van der Waals surface area (Å²) in [7, 11) is 0. The monoisotopic (exact) mass is 380 g/mol. The molecule has 1 aromatic carbocycles. The minimum atomic E-state index is 0.0745. The number of carbonyl (C=O) groups excluding carboxylic acids is 1. The van der Waals surface area contributed by atoms with Gasteiger partial charge in [-0.3, -0.25) is 9.78 Å². The number of carbonyl (C=O) groups is 1. The van der Waals surface area contributed by atoms with Crippen molar-refractivity contribution in [1.29, 1.82) is 0 Å². The fourth-order valence-electron chi connectivity index (χ4n) is 4.10. The molecule has 3 heterocycles. The Balaban J connectivity index is 1.71. The number of hydrogen-bond donors (Lipinski definition) is 2. The maximum atomic E-state index is 12.3. The minimum Gasteiger partial charge on any atom is -0.369 e. The standard InChI is InChI=1S/C21H28N6O/c1-14-13-27(16(3)28)19-5-4-17(26-8-6-22-7-9-26)10-18(19)21(14)25-20-12-23-15(2)11-24-20/h4-5,10-12,14,21-22H,6-9,13H2,1-3H3,(H,24,25). The normalized spacial score (nSPS) is 22.0. The van der Waals surface area contributed by atoms with Gasteiger partial charge in [-0.15, -0.1) is 0 Å². The predicted octanol–water partition coefficient (Wildman–Crippen LogP) is 2.35. The summed E-state index contributed by atoms with van der Waals surface area (Å²) in [5.74, 6) is 1.09. The molecule has 1 amide bonds. The summed E-state index contributed by atoms with van der Waals surface area (Å²) in [6, 6.07) is 6.55. The zero-order chi connectivity index (χ0) is 19.7. The number of nitrogens with zero attached hydrogens (tertiary/aromatic N) is 4. The Hall–Kier alpha value is -2.67. The molecule has 2 aliphatic rings. The second kappa shape index (κ2) is 7.75. The van der Waals surface area contributed by atoms with Crippen molar-refractivity contribution in [3.8, 4) is 0 Å². The van der Waals surface area contributed by atoms with Crippen LogP contribution in [0.3, 0.4) is 0 Å². The summed E-state index contributed by atoms with van der Waals surface area (Å²) in [4.78, 5) is 25.4. The maximum absolute atomic E-state index is 12.3. The fraction of sp³-hybridized carbons (Fsp3) is 0.476. The first-order chi connectivity index (χ1) is 13.5. The van der Waals surface area contributed by atoms with Crippen LogP contribution in [-0.2, 0) is 4.79 Å². The van der Waals surface area contributed by atoms with Crippen LogP contribution in [0.1, 0.15) is 31.1 Å². The molecule has 4 rings (SSSR count). The molecule has 148 valence electrons. The van der Waals surface area contributed by atoms with E-state index in [0.717, 1.165) is 48.9 Å². The Labute approximate surface area is 166 Å². The van der Waals surface area contributed by atoms with Gasteiger partial charge in [-0.2, -0.15) is 0 Å². The number of amides is 1. The molecule has 0 aliphatic carbocycles. The zero-order valence-electron chi connectivity index (χ0n) is 16.8. The van der Waals surface area contributed by atoms with Crippen LogP contribution in [0.5, 0.6) is 0 Å². The van der Waals surface area contributed by atoms with Gasteiger partial charge < -0.3 is 20.4 Å². The summed E-state index contributed by atoms with van der Waals surface area (Å²) in [6.07, 6.45) is 3.55. The Kier molecular flexibility index (Phi) is 5.17. The number of aryl methyl sites for hydroxylation is 1. The number of hydrogen-bond acceptors (Lipinski definition) is 6. The van der Waals surface area contributed by atoms with Gasteiger partial charge in [0.05, 0.1) is 24.1 Å². The summed E-state index contributed by atoms with van der Waals surface area (Å²) in [6.45, 7) is 10.4. The third-order valence-corrected chi connectivity index (χ3v) is 5.62. The van der Waals surface area contributed by atoms with E-state index in [4.69, 9.17) is 0 Å². The van der Waals surface area contributed by atoms with Crippen LogP contribution in [-0.4, -0.2) is 48.6 Å². The van der Waals surface area contributed by atoms with Crippen molar-refractivity contribution < 1.29 is 4.79 Å². The lowest BCUT2D eigenvalue weighted by molar-refractivity contribution is -0.116. The molecule has 0 saturated carbocycles. The van der Waals surface area contributed by atoms with Gasteiger partial charge >= 0.3 is 0 Å². The molecule has 0 bridgehead atoms. The largest absolute Gasteiger partial charge is 0.369 e. The van der Waals surface area contributed by atoms with E-state index in [9.17, 15) is 4.79 Å². The summed E-state index contributed by atoms with van der Waals surface area (Å²) in [5, 5.41) is 6.96. The molecular weight excluding hydrogens is 352 g/mol. The molecule has 2 atom stereocenters. The molecule has 2 aliphatic heterocycles. The first kappa shape index (κ1) is 18.7. The molecule has 1 fully saturated rings. The molecule has 28 heavy (non-hydrogen) atoms. The highest BCUT2D eigenvalue weighted by atomic mass is 16.2. The number of rotatable bonds is 3. The fourth-order valence-corrected chi connectivity index (χ4v) is 4.10. The topological polar surface area (TPSA) is 73.4 Å². The van der Waals surface area contributed by atoms with E-state index in [1.54, 1.807) is 19.3 Å². The highest BCUT2D eigenvalue weighted by molar-refractivity contribution is 5.93. The minimum absolute atomic E-state index is 0.0745. The van der Waals surface area contributed by atoms with E-state index in [-0.39, 0.29) is 17.9 Å². The SMILES string of the molecule is CC(=O)N1CC(C)C(Nc2cnc(C)cn2)c2cc(N3CCNCC3)ccc21.